The fourth-order valence-corrected chi connectivity index (χ4v) is 1.34. The molecule has 0 fully saturated rings. The van der Waals surface area contributed by atoms with E-state index in [1.165, 1.54) is 12.1 Å². The number of halogens is 1. The lowest BCUT2D eigenvalue weighted by Crippen LogP contribution is -2.30. The molecule has 0 aromatic heterocycles. The van der Waals surface area contributed by atoms with E-state index in [1.54, 1.807) is 6.07 Å². The predicted molar refractivity (Wildman–Crippen MR) is 62.9 cm³/mol. The van der Waals surface area contributed by atoms with Gasteiger partial charge in [0.05, 0.1) is 10.6 Å². The zero-order chi connectivity index (χ0) is 12.1. The van der Waals surface area contributed by atoms with Gasteiger partial charge >= 0.3 is 0 Å². The van der Waals surface area contributed by atoms with Crippen LogP contribution in [0.25, 0.3) is 10.4 Å². The highest BCUT2D eigenvalue weighted by atomic mass is 35.5. The van der Waals surface area contributed by atoms with Gasteiger partial charge in [-0.25, -0.2) is 0 Å². The molecule has 0 bridgehead atoms. The van der Waals surface area contributed by atoms with Crippen molar-refractivity contribution in [2.75, 3.05) is 0 Å². The largest absolute Gasteiger partial charge is 0.350 e. The summed E-state index contributed by atoms with van der Waals surface area (Å²) in [4.78, 5) is 14.3. The van der Waals surface area contributed by atoms with Crippen LogP contribution in [0.4, 0.5) is 5.69 Å². The molecular weight excluding hydrogens is 228 g/mol. The van der Waals surface area contributed by atoms with Gasteiger partial charge in [0.2, 0.25) is 0 Å². The molecule has 1 amide bonds. The van der Waals surface area contributed by atoms with Crippen LogP contribution < -0.4 is 5.32 Å². The number of benzene rings is 1. The first-order chi connectivity index (χ1) is 7.54. The fraction of sp³-hybridized carbons (Fsp3) is 0.300. The zero-order valence-corrected chi connectivity index (χ0v) is 9.69. The molecule has 0 saturated heterocycles. The maximum absolute atomic E-state index is 11.7. The minimum Gasteiger partial charge on any atom is -0.350 e. The number of nitrogens with zero attached hydrogens (tertiary/aromatic N) is 3. The summed E-state index contributed by atoms with van der Waals surface area (Å²) in [5.74, 6) is -0.282. The first kappa shape index (κ1) is 12.4. The normalized spacial score (nSPS) is 9.75. The number of nitrogens with one attached hydrogen (secondary N) is 1. The Morgan fingerprint density at radius 3 is 2.81 bits per heavy atom. The lowest BCUT2D eigenvalue weighted by molar-refractivity contribution is 0.0943. The summed E-state index contributed by atoms with van der Waals surface area (Å²) in [7, 11) is 0. The smallest absolute Gasteiger partial charge is 0.253 e. The lowest BCUT2D eigenvalue weighted by atomic mass is 10.2. The van der Waals surface area contributed by atoms with E-state index in [-0.39, 0.29) is 11.9 Å². The van der Waals surface area contributed by atoms with Gasteiger partial charge in [0, 0.05) is 16.6 Å². The first-order valence-electron chi connectivity index (χ1n) is 4.70. The molecule has 0 heterocycles. The number of hydrogen-bond donors (Lipinski definition) is 1. The van der Waals surface area contributed by atoms with Crippen molar-refractivity contribution >= 4 is 23.2 Å². The van der Waals surface area contributed by atoms with Gasteiger partial charge in [0.1, 0.15) is 0 Å². The fourth-order valence-electron chi connectivity index (χ4n) is 1.14. The van der Waals surface area contributed by atoms with Crippen molar-refractivity contribution in [3.05, 3.63) is 39.2 Å². The summed E-state index contributed by atoms with van der Waals surface area (Å²) in [5, 5.41) is 6.45. The third kappa shape index (κ3) is 3.15. The van der Waals surface area contributed by atoms with Crippen LogP contribution in [0, 0.1) is 0 Å². The highest BCUT2D eigenvalue weighted by molar-refractivity contribution is 6.34. The van der Waals surface area contributed by atoms with Crippen LogP contribution in [0.15, 0.2) is 23.3 Å². The Balaban J connectivity index is 3.06. The third-order valence-corrected chi connectivity index (χ3v) is 2.10. The van der Waals surface area contributed by atoms with Gasteiger partial charge in [0.25, 0.3) is 5.91 Å². The molecule has 0 aliphatic carbocycles. The topological polar surface area (TPSA) is 77.9 Å². The van der Waals surface area contributed by atoms with Crippen molar-refractivity contribution in [1.29, 1.82) is 0 Å². The summed E-state index contributed by atoms with van der Waals surface area (Å²) < 4.78 is 0. The lowest BCUT2D eigenvalue weighted by Gasteiger charge is -2.09. The van der Waals surface area contributed by atoms with E-state index < -0.39 is 0 Å². The van der Waals surface area contributed by atoms with Crippen molar-refractivity contribution < 1.29 is 4.79 Å². The zero-order valence-electron chi connectivity index (χ0n) is 8.94. The molecule has 0 atom stereocenters. The Kier molecular flexibility index (Phi) is 4.17. The van der Waals surface area contributed by atoms with Gasteiger partial charge < -0.3 is 5.32 Å². The van der Waals surface area contributed by atoms with E-state index in [2.05, 4.69) is 15.3 Å². The van der Waals surface area contributed by atoms with Crippen molar-refractivity contribution in [3.8, 4) is 0 Å². The second-order valence-electron chi connectivity index (χ2n) is 3.48. The van der Waals surface area contributed by atoms with E-state index in [0.717, 1.165) is 0 Å². The summed E-state index contributed by atoms with van der Waals surface area (Å²) in [6.45, 7) is 3.70. The Morgan fingerprint density at radius 1 is 1.56 bits per heavy atom. The third-order valence-electron chi connectivity index (χ3n) is 1.77. The highest BCUT2D eigenvalue weighted by Crippen LogP contribution is 2.22. The molecule has 1 aromatic rings. The molecule has 6 heteroatoms. The van der Waals surface area contributed by atoms with Gasteiger partial charge in [-0.15, -0.1) is 0 Å². The van der Waals surface area contributed by atoms with Crippen molar-refractivity contribution in [2.45, 2.75) is 19.9 Å². The second kappa shape index (κ2) is 5.39. The number of azide groups is 1. The Labute approximate surface area is 98.0 Å². The molecule has 0 aliphatic heterocycles. The van der Waals surface area contributed by atoms with Crippen LogP contribution in [0.2, 0.25) is 5.02 Å². The molecule has 84 valence electrons. The average molecular weight is 239 g/mol. The van der Waals surface area contributed by atoms with Crippen LogP contribution in [-0.2, 0) is 0 Å². The van der Waals surface area contributed by atoms with E-state index >= 15 is 0 Å². The summed E-state index contributed by atoms with van der Waals surface area (Å²) >= 11 is 5.88. The standard InChI is InChI=1S/C10H11ClN4O/c1-6(2)13-10(16)8-5-7(14-15-12)3-4-9(8)11/h3-6H,1-2H3,(H,13,16). The molecule has 5 nitrogen and oxygen atoms in total. The quantitative estimate of drug-likeness (QED) is 0.489. The van der Waals surface area contributed by atoms with Gasteiger partial charge in [-0.05, 0) is 31.5 Å². The molecular formula is C10H11ClN4O. The van der Waals surface area contributed by atoms with Gasteiger partial charge in [-0.3, -0.25) is 4.79 Å². The minimum atomic E-state index is -0.282. The Bertz CT molecular complexity index is 452. The Hall–Kier alpha value is -1.71. The molecule has 1 N–H and O–H groups in total. The molecule has 1 rings (SSSR count). The first-order valence-corrected chi connectivity index (χ1v) is 5.08. The van der Waals surface area contributed by atoms with Crippen LogP contribution in [-0.4, -0.2) is 11.9 Å². The van der Waals surface area contributed by atoms with E-state index in [4.69, 9.17) is 17.1 Å². The Morgan fingerprint density at radius 2 is 2.25 bits per heavy atom. The molecule has 16 heavy (non-hydrogen) atoms. The number of rotatable bonds is 3. The van der Waals surface area contributed by atoms with Crippen molar-refractivity contribution in [1.82, 2.24) is 5.32 Å². The van der Waals surface area contributed by atoms with Crippen LogP contribution in [0.1, 0.15) is 24.2 Å². The summed E-state index contributed by atoms with van der Waals surface area (Å²) in [5.41, 5.74) is 8.96. The maximum atomic E-state index is 11.7. The van der Waals surface area contributed by atoms with Crippen molar-refractivity contribution in [2.24, 2.45) is 5.11 Å². The summed E-state index contributed by atoms with van der Waals surface area (Å²) in [6.07, 6.45) is 0. The molecule has 0 radical (unpaired) electrons. The predicted octanol–water partition coefficient (Wildman–Crippen LogP) is 3.42. The van der Waals surface area contributed by atoms with E-state index in [1.807, 2.05) is 13.8 Å². The monoisotopic (exact) mass is 238 g/mol. The van der Waals surface area contributed by atoms with E-state index in [9.17, 15) is 4.79 Å². The molecule has 1 aromatic carbocycles. The average Bonchev–Trinajstić information content (AvgIpc) is 2.20. The van der Waals surface area contributed by atoms with Crippen LogP contribution in [0.3, 0.4) is 0 Å². The second-order valence-corrected chi connectivity index (χ2v) is 3.89. The number of amides is 1. The van der Waals surface area contributed by atoms with Gasteiger partial charge in [-0.1, -0.05) is 22.8 Å². The minimum absolute atomic E-state index is 0.0201. The van der Waals surface area contributed by atoms with Crippen molar-refractivity contribution in [3.63, 3.8) is 0 Å². The molecule has 0 unspecified atom stereocenters. The number of carbonyl (C=O) groups is 1. The SMILES string of the molecule is CC(C)NC(=O)c1cc(N=[N+]=[N-])ccc1Cl. The molecule has 0 aliphatic rings. The van der Waals surface area contributed by atoms with E-state index in [0.29, 0.717) is 16.3 Å². The molecule has 0 spiro atoms. The summed E-state index contributed by atoms with van der Waals surface area (Å²) in [6, 6.07) is 4.56. The number of carbonyl (C=O) groups excluding carboxylic acids is 1. The van der Waals surface area contributed by atoms with Crippen LogP contribution >= 0.6 is 11.6 Å². The van der Waals surface area contributed by atoms with Crippen LogP contribution in [0.5, 0.6) is 0 Å². The molecule has 0 saturated carbocycles. The highest BCUT2D eigenvalue weighted by Gasteiger charge is 2.11. The van der Waals surface area contributed by atoms with Gasteiger partial charge in [0.15, 0.2) is 0 Å². The number of hydrogen-bond acceptors (Lipinski definition) is 2. The van der Waals surface area contributed by atoms with Gasteiger partial charge in [-0.2, -0.15) is 0 Å². The maximum Gasteiger partial charge on any atom is 0.253 e.